The molecule has 1 N–H and O–H groups in total. The summed E-state index contributed by atoms with van der Waals surface area (Å²) in [5.74, 6) is -0.828. The highest BCUT2D eigenvalue weighted by molar-refractivity contribution is 6.31. The largest absolute Gasteiger partial charge is 0.375 e. The third-order valence-corrected chi connectivity index (χ3v) is 4.69. The highest BCUT2D eigenvalue weighted by Crippen LogP contribution is 2.44. The number of halogens is 2. The highest BCUT2D eigenvalue weighted by atomic mass is 35.5. The van der Waals surface area contributed by atoms with Gasteiger partial charge in [0.1, 0.15) is 5.78 Å². The first kappa shape index (κ1) is 17.0. The predicted octanol–water partition coefficient (Wildman–Crippen LogP) is 3.71. The van der Waals surface area contributed by atoms with Gasteiger partial charge >= 0.3 is 0 Å². The van der Waals surface area contributed by atoms with Crippen LogP contribution < -0.4 is 4.90 Å². The van der Waals surface area contributed by atoms with Crippen LogP contribution in [0.25, 0.3) is 0 Å². The zero-order valence-corrected chi connectivity index (χ0v) is 14.4. The SMILES string of the molecule is CC(=O)CC1(O)C(=O)N(Cc2ccccc2Cl)c2ccc(Cl)cc21. The molecule has 1 aliphatic rings. The van der Waals surface area contributed by atoms with Crippen molar-refractivity contribution in [1.82, 2.24) is 0 Å². The predicted molar refractivity (Wildman–Crippen MR) is 93.3 cm³/mol. The first-order valence-corrected chi connectivity index (χ1v) is 8.16. The Balaban J connectivity index is 2.08. The van der Waals surface area contributed by atoms with Crippen LogP contribution in [0, 0.1) is 0 Å². The smallest absolute Gasteiger partial charge is 0.264 e. The molecule has 1 heterocycles. The lowest BCUT2D eigenvalue weighted by Gasteiger charge is -2.22. The Kier molecular flexibility index (Phi) is 4.38. The summed E-state index contributed by atoms with van der Waals surface area (Å²) in [5, 5.41) is 11.8. The second-order valence-corrected chi connectivity index (χ2v) is 6.73. The zero-order chi connectivity index (χ0) is 17.5. The van der Waals surface area contributed by atoms with Crippen LogP contribution in [0.15, 0.2) is 42.5 Å². The van der Waals surface area contributed by atoms with E-state index in [0.29, 0.717) is 21.3 Å². The van der Waals surface area contributed by atoms with Crippen molar-refractivity contribution in [3.8, 4) is 0 Å². The Hall–Kier alpha value is -1.88. The van der Waals surface area contributed by atoms with Crippen LogP contribution >= 0.6 is 23.2 Å². The number of Topliss-reactive ketones (excluding diaryl/α,β-unsaturated/α-hetero) is 1. The van der Waals surface area contributed by atoms with Gasteiger partial charge in [0.15, 0.2) is 5.60 Å². The minimum absolute atomic E-state index is 0.202. The summed E-state index contributed by atoms with van der Waals surface area (Å²) in [6, 6.07) is 12.0. The lowest BCUT2D eigenvalue weighted by Crippen LogP contribution is -2.41. The summed E-state index contributed by atoms with van der Waals surface area (Å²) in [6.45, 7) is 1.54. The number of rotatable bonds is 4. The fraction of sp³-hybridized carbons (Fsp3) is 0.222. The first-order chi connectivity index (χ1) is 11.3. The Bertz CT molecular complexity index is 837. The number of carbonyl (C=O) groups is 2. The van der Waals surface area contributed by atoms with Crippen molar-refractivity contribution in [2.75, 3.05) is 4.90 Å². The van der Waals surface area contributed by atoms with Gasteiger partial charge in [-0.25, -0.2) is 0 Å². The van der Waals surface area contributed by atoms with Crippen molar-refractivity contribution in [3.63, 3.8) is 0 Å². The van der Waals surface area contributed by atoms with Crippen molar-refractivity contribution in [2.45, 2.75) is 25.5 Å². The molecule has 0 fully saturated rings. The monoisotopic (exact) mass is 363 g/mol. The number of fused-ring (bicyclic) bond motifs is 1. The van der Waals surface area contributed by atoms with E-state index in [-0.39, 0.29) is 18.7 Å². The summed E-state index contributed by atoms with van der Waals surface area (Å²) in [5.41, 5.74) is -0.260. The molecule has 4 nitrogen and oxygen atoms in total. The number of benzene rings is 2. The molecule has 1 aliphatic heterocycles. The van der Waals surface area contributed by atoms with E-state index in [4.69, 9.17) is 23.2 Å². The number of anilines is 1. The Labute approximate surface area is 149 Å². The third kappa shape index (κ3) is 2.81. The molecule has 3 rings (SSSR count). The highest BCUT2D eigenvalue weighted by Gasteiger charge is 2.50. The molecule has 0 aromatic heterocycles. The van der Waals surface area contributed by atoms with Crippen molar-refractivity contribution in [1.29, 1.82) is 0 Å². The number of carbonyl (C=O) groups excluding carboxylic acids is 2. The molecule has 124 valence electrons. The summed E-state index contributed by atoms with van der Waals surface area (Å²) >= 11 is 12.2. The Morgan fingerprint density at radius 2 is 1.92 bits per heavy atom. The van der Waals surface area contributed by atoms with Gasteiger partial charge in [-0.1, -0.05) is 41.4 Å². The maximum atomic E-state index is 12.9. The average molecular weight is 364 g/mol. The summed E-state index contributed by atoms with van der Waals surface area (Å²) in [4.78, 5) is 25.9. The third-order valence-electron chi connectivity index (χ3n) is 4.08. The van der Waals surface area contributed by atoms with E-state index in [1.807, 2.05) is 12.1 Å². The lowest BCUT2D eigenvalue weighted by molar-refractivity contribution is -0.141. The van der Waals surface area contributed by atoms with E-state index in [1.54, 1.807) is 24.3 Å². The van der Waals surface area contributed by atoms with Gasteiger partial charge < -0.3 is 10.0 Å². The molecule has 0 aliphatic carbocycles. The van der Waals surface area contributed by atoms with Crippen molar-refractivity contribution in [2.24, 2.45) is 0 Å². The zero-order valence-electron chi connectivity index (χ0n) is 12.9. The van der Waals surface area contributed by atoms with Crippen molar-refractivity contribution in [3.05, 3.63) is 63.6 Å². The second kappa shape index (κ2) is 6.20. The van der Waals surface area contributed by atoms with Gasteiger partial charge in [-0.15, -0.1) is 0 Å². The molecule has 0 saturated carbocycles. The van der Waals surface area contributed by atoms with Gasteiger partial charge in [-0.05, 0) is 36.8 Å². The molecule has 0 spiro atoms. The summed E-state index contributed by atoms with van der Waals surface area (Å²) < 4.78 is 0. The molecule has 0 radical (unpaired) electrons. The van der Waals surface area contributed by atoms with E-state index in [0.717, 1.165) is 5.56 Å². The standard InChI is InChI=1S/C18H15Cl2NO3/c1-11(22)9-18(24)14-8-13(19)6-7-16(14)21(17(18)23)10-12-4-2-3-5-15(12)20/h2-8,24H,9-10H2,1H3. The molecule has 1 unspecified atom stereocenters. The van der Waals surface area contributed by atoms with E-state index in [9.17, 15) is 14.7 Å². The lowest BCUT2D eigenvalue weighted by atomic mass is 9.90. The van der Waals surface area contributed by atoms with Gasteiger partial charge in [0.05, 0.1) is 12.2 Å². The first-order valence-electron chi connectivity index (χ1n) is 7.40. The van der Waals surface area contributed by atoms with Gasteiger partial charge in [0.2, 0.25) is 0 Å². The van der Waals surface area contributed by atoms with Gasteiger partial charge in [-0.2, -0.15) is 0 Å². The number of nitrogens with zero attached hydrogens (tertiary/aromatic N) is 1. The van der Waals surface area contributed by atoms with E-state index in [1.165, 1.54) is 17.9 Å². The normalized spacial score (nSPS) is 19.5. The average Bonchev–Trinajstić information content (AvgIpc) is 2.71. The number of aliphatic hydroxyl groups is 1. The summed E-state index contributed by atoms with van der Waals surface area (Å²) in [7, 11) is 0. The number of hydrogen-bond acceptors (Lipinski definition) is 3. The minimum atomic E-state index is -1.90. The topological polar surface area (TPSA) is 57.6 Å². The van der Waals surface area contributed by atoms with Gasteiger partial charge in [0.25, 0.3) is 5.91 Å². The molecular formula is C18H15Cl2NO3. The molecular weight excluding hydrogens is 349 g/mol. The van der Waals surface area contributed by atoms with Crippen molar-refractivity contribution >= 4 is 40.6 Å². The molecule has 24 heavy (non-hydrogen) atoms. The van der Waals surface area contributed by atoms with Crippen LogP contribution in [0.4, 0.5) is 5.69 Å². The Morgan fingerprint density at radius 1 is 1.21 bits per heavy atom. The molecule has 6 heteroatoms. The quantitative estimate of drug-likeness (QED) is 0.900. The molecule has 0 saturated heterocycles. The van der Waals surface area contributed by atoms with Crippen LogP contribution in [0.2, 0.25) is 10.0 Å². The second-order valence-electron chi connectivity index (χ2n) is 5.88. The molecule has 1 atom stereocenters. The number of amides is 1. The van der Waals surface area contributed by atoms with Crippen molar-refractivity contribution < 1.29 is 14.7 Å². The maximum Gasteiger partial charge on any atom is 0.264 e. The van der Waals surface area contributed by atoms with Crippen LogP contribution in [0.1, 0.15) is 24.5 Å². The molecule has 2 aromatic carbocycles. The van der Waals surface area contributed by atoms with Crippen LogP contribution in [-0.4, -0.2) is 16.8 Å². The molecule has 0 bridgehead atoms. The number of ketones is 1. The van der Waals surface area contributed by atoms with Crippen LogP contribution in [-0.2, 0) is 21.7 Å². The Morgan fingerprint density at radius 3 is 2.58 bits per heavy atom. The fourth-order valence-electron chi connectivity index (χ4n) is 3.01. The van der Waals surface area contributed by atoms with Gasteiger partial charge in [-0.3, -0.25) is 9.59 Å². The molecule has 2 aromatic rings. The number of hydrogen-bond donors (Lipinski definition) is 1. The maximum absolute atomic E-state index is 12.9. The minimum Gasteiger partial charge on any atom is -0.375 e. The van der Waals surface area contributed by atoms with Crippen LogP contribution in [0.3, 0.4) is 0 Å². The van der Waals surface area contributed by atoms with E-state index < -0.39 is 11.5 Å². The summed E-state index contributed by atoms with van der Waals surface area (Å²) in [6.07, 6.45) is -0.293. The molecule has 1 amide bonds. The van der Waals surface area contributed by atoms with E-state index in [2.05, 4.69) is 0 Å². The van der Waals surface area contributed by atoms with Gasteiger partial charge in [0, 0.05) is 22.0 Å². The van der Waals surface area contributed by atoms with Crippen LogP contribution in [0.5, 0.6) is 0 Å². The fourth-order valence-corrected chi connectivity index (χ4v) is 3.38. The van der Waals surface area contributed by atoms with E-state index >= 15 is 0 Å².